The average molecular weight is 466 g/mol. The van der Waals surface area contributed by atoms with Crippen LogP contribution in [0, 0.1) is 5.82 Å². The summed E-state index contributed by atoms with van der Waals surface area (Å²) in [5, 5.41) is 22.8. The lowest BCUT2D eigenvalue weighted by Crippen LogP contribution is -2.49. The summed E-state index contributed by atoms with van der Waals surface area (Å²) in [5.74, 6) is -1.18. The van der Waals surface area contributed by atoms with Gasteiger partial charge in [0.15, 0.2) is 14.6 Å². The molecular weight excluding hydrogens is 441 g/mol. The maximum Gasteiger partial charge on any atom is 0.264 e. The smallest absolute Gasteiger partial charge is 0.264 e. The van der Waals surface area contributed by atoms with E-state index in [1.807, 2.05) is 0 Å². The average Bonchev–Trinajstić information content (AvgIpc) is 3.16. The predicted octanol–water partition coefficient (Wildman–Crippen LogP) is 1.91. The van der Waals surface area contributed by atoms with Gasteiger partial charge in [-0.2, -0.15) is 5.10 Å². The molecule has 0 bridgehead atoms. The van der Waals surface area contributed by atoms with Crippen LogP contribution in [0.4, 0.5) is 4.39 Å². The second-order valence-electron chi connectivity index (χ2n) is 7.57. The molecule has 0 aliphatic rings. The standard InChI is InChI=1S/C21H24FN3O6S/c1-21(20(27)24-28,32(2,29)30)7-8-25-13-15-11-14(3-6-19(15)23-25)17-5-4-16(12-18(17)22)31-10-9-26/h3-6,11-13,26,28H,7-10H2,1-2H3,(H,24,27). The second-order valence-corrected chi connectivity index (χ2v) is 10.0. The van der Waals surface area contributed by atoms with Gasteiger partial charge in [0.05, 0.1) is 12.1 Å². The number of carbonyl (C=O) groups is 1. The highest BCUT2D eigenvalue weighted by molar-refractivity contribution is 7.92. The van der Waals surface area contributed by atoms with Gasteiger partial charge >= 0.3 is 0 Å². The number of amides is 1. The molecule has 11 heteroatoms. The van der Waals surface area contributed by atoms with Crippen molar-refractivity contribution in [3.05, 3.63) is 48.4 Å². The third kappa shape index (κ3) is 4.74. The Kier molecular flexibility index (Phi) is 6.82. The molecule has 1 aromatic heterocycles. The van der Waals surface area contributed by atoms with Gasteiger partial charge in [-0.15, -0.1) is 0 Å². The SMILES string of the molecule is CC(CCn1cc2cc(-c3ccc(OCCO)cc3F)ccc2n1)(C(=O)NO)S(C)(=O)=O. The van der Waals surface area contributed by atoms with Crippen LogP contribution in [0.1, 0.15) is 13.3 Å². The molecule has 9 nitrogen and oxygen atoms in total. The minimum absolute atomic E-state index is 0.0717. The van der Waals surface area contributed by atoms with Crippen LogP contribution < -0.4 is 10.2 Å². The molecule has 0 fully saturated rings. The van der Waals surface area contributed by atoms with E-state index in [0.717, 1.165) is 6.26 Å². The molecule has 3 aromatic rings. The molecular formula is C21H24FN3O6S. The number of carbonyl (C=O) groups excluding carboxylic acids is 1. The van der Waals surface area contributed by atoms with Crippen molar-refractivity contribution in [2.45, 2.75) is 24.6 Å². The number of halogens is 1. The number of benzene rings is 2. The monoisotopic (exact) mass is 465 g/mol. The number of rotatable bonds is 9. The minimum Gasteiger partial charge on any atom is -0.491 e. The van der Waals surface area contributed by atoms with Crippen molar-refractivity contribution in [3.8, 4) is 16.9 Å². The molecule has 0 aliphatic carbocycles. The number of aliphatic hydroxyl groups excluding tert-OH is 1. The zero-order chi connectivity index (χ0) is 23.5. The van der Waals surface area contributed by atoms with Crippen molar-refractivity contribution in [2.24, 2.45) is 0 Å². The summed E-state index contributed by atoms with van der Waals surface area (Å²) in [6.45, 7) is 1.25. The number of nitrogens with one attached hydrogen (secondary N) is 1. The van der Waals surface area contributed by atoms with Gasteiger partial charge in [-0.1, -0.05) is 6.07 Å². The zero-order valence-electron chi connectivity index (χ0n) is 17.6. The van der Waals surface area contributed by atoms with Crippen molar-refractivity contribution in [1.82, 2.24) is 15.3 Å². The molecule has 0 saturated heterocycles. The topological polar surface area (TPSA) is 131 Å². The highest BCUT2D eigenvalue weighted by Crippen LogP contribution is 2.29. The zero-order valence-corrected chi connectivity index (χ0v) is 18.4. The Morgan fingerprint density at radius 3 is 2.66 bits per heavy atom. The summed E-state index contributed by atoms with van der Waals surface area (Å²) in [6.07, 6.45) is 2.50. The van der Waals surface area contributed by atoms with E-state index < -0.39 is 26.3 Å². The van der Waals surface area contributed by atoms with Crippen molar-refractivity contribution < 1.29 is 32.7 Å². The Hall–Kier alpha value is -3.02. The maximum atomic E-state index is 14.6. The molecule has 2 aromatic carbocycles. The van der Waals surface area contributed by atoms with Gasteiger partial charge in [0, 0.05) is 36.0 Å². The first kappa shape index (κ1) is 23.6. The summed E-state index contributed by atoms with van der Waals surface area (Å²) >= 11 is 0. The number of sulfone groups is 1. The third-order valence-corrected chi connectivity index (χ3v) is 7.41. The van der Waals surface area contributed by atoms with E-state index in [0.29, 0.717) is 27.8 Å². The quantitative estimate of drug-likeness (QED) is 0.325. The van der Waals surface area contributed by atoms with Crippen molar-refractivity contribution >= 4 is 26.6 Å². The van der Waals surface area contributed by atoms with E-state index >= 15 is 0 Å². The Morgan fingerprint density at radius 1 is 1.28 bits per heavy atom. The van der Waals surface area contributed by atoms with Gasteiger partial charge in [0.2, 0.25) is 0 Å². The lowest BCUT2D eigenvalue weighted by Gasteiger charge is -2.24. The highest BCUT2D eigenvalue weighted by Gasteiger charge is 2.43. The Morgan fingerprint density at radius 2 is 2.03 bits per heavy atom. The van der Waals surface area contributed by atoms with Gasteiger partial charge in [0.25, 0.3) is 5.91 Å². The van der Waals surface area contributed by atoms with Gasteiger partial charge in [-0.3, -0.25) is 14.7 Å². The van der Waals surface area contributed by atoms with Crippen LogP contribution in [0.2, 0.25) is 0 Å². The predicted molar refractivity (Wildman–Crippen MR) is 116 cm³/mol. The van der Waals surface area contributed by atoms with E-state index in [2.05, 4.69) is 5.10 Å². The van der Waals surface area contributed by atoms with E-state index in [4.69, 9.17) is 15.1 Å². The number of aliphatic hydroxyl groups is 1. The molecule has 1 heterocycles. The summed E-state index contributed by atoms with van der Waals surface area (Å²) in [7, 11) is -3.81. The maximum absolute atomic E-state index is 14.6. The summed E-state index contributed by atoms with van der Waals surface area (Å²) < 4.78 is 43.7. The lowest BCUT2D eigenvalue weighted by molar-refractivity contribution is -0.131. The molecule has 0 saturated carbocycles. The fourth-order valence-electron chi connectivity index (χ4n) is 3.26. The number of nitrogens with zero attached hydrogens (tertiary/aromatic N) is 2. The van der Waals surface area contributed by atoms with Crippen LogP contribution in [0.25, 0.3) is 22.0 Å². The van der Waals surface area contributed by atoms with E-state index in [1.165, 1.54) is 23.2 Å². The van der Waals surface area contributed by atoms with Crippen LogP contribution in [0.15, 0.2) is 42.6 Å². The molecule has 1 amide bonds. The van der Waals surface area contributed by atoms with E-state index in [1.54, 1.807) is 36.5 Å². The number of aryl methyl sites for hydroxylation is 1. The molecule has 172 valence electrons. The van der Waals surface area contributed by atoms with Crippen LogP contribution in [-0.4, -0.2) is 58.6 Å². The van der Waals surface area contributed by atoms with Crippen molar-refractivity contribution in [2.75, 3.05) is 19.5 Å². The number of aromatic nitrogens is 2. The Balaban J connectivity index is 1.84. The molecule has 32 heavy (non-hydrogen) atoms. The summed E-state index contributed by atoms with van der Waals surface area (Å²) in [6, 6.07) is 9.62. The fraction of sp³-hybridized carbons (Fsp3) is 0.333. The van der Waals surface area contributed by atoms with E-state index in [-0.39, 0.29) is 26.2 Å². The first-order valence-corrected chi connectivity index (χ1v) is 11.6. The van der Waals surface area contributed by atoms with Gasteiger partial charge < -0.3 is 9.84 Å². The van der Waals surface area contributed by atoms with Gasteiger partial charge in [0.1, 0.15) is 18.2 Å². The van der Waals surface area contributed by atoms with Crippen LogP contribution >= 0.6 is 0 Å². The second kappa shape index (κ2) is 9.23. The molecule has 0 spiro atoms. The number of hydrogen-bond acceptors (Lipinski definition) is 7. The first-order valence-electron chi connectivity index (χ1n) is 9.74. The number of hydrogen-bond donors (Lipinski definition) is 3. The third-order valence-electron chi connectivity index (χ3n) is 5.38. The number of fused-ring (bicyclic) bond motifs is 1. The summed E-state index contributed by atoms with van der Waals surface area (Å²) in [5.41, 5.74) is 3.01. The van der Waals surface area contributed by atoms with Crippen LogP contribution in [0.5, 0.6) is 5.75 Å². The molecule has 0 radical (unpaired) electrons. The Bertz CT molecular complexity index is 1240. The number of ether oxygens (including phenoxy) is 1. The molecule has 3 N–H and O–H groups in total. The van der Waals surface area contributed by atoms with Crippen molar-refractivity contribution in [1.29, 1.82) is 0 Å². The summed E-state index contributed by atoms with van der Waals surface area (Å²) in [4.78, 5) is 12.0. The largest absolute Gasteiger partial charge is 0.491 e. The normalized spacial score (nSPS) is 13.7. The fourth-order valence-corrected chi connectivity index (χ4v) is 4.10. The highest BCUT2D eigenvalue weighted by atomic mass is 32.2. The van der Waals surface area contributed by atoms with Crippen molar-refractivity contribution in [3.63, 3.8) is 0 Å². The minimum atomic E-state index is -3.81. The molecule has 0 aliphatic heterocycles. The van der Waals surface area contributed by atoms with E-state index in [9.17, 15) is 17.6 Å². The molecule has 1 unspecified atom stereocenters. The molecule has 3 rings (SSSR count). The first-order chi connectivity index (χ1) is 15.1. The van der Waals surface area contributed by atoms with Crippen LogP contribution in [0.3, 0.4) is 0 Å². The van der Waals surface area contributed by atoms with Gasteiger partial charge in [-0.05, 0) is 43.2 Å². The lowest BCUT2D eigenvalue weighted by atomic mass is 10.0. The van der Waals surface area contributed by atoms with Gasteiger partial charge in [-0.25, -0.2) is 18.3 Å². The Labute approximate surface area is 184 Å². The van der Waals surface area contributed by atoms with Crippen LogP contribution in [-0.2, 0) is 21.2 Å². The molecule has 1 atom stereocenters. The number of hydroxylamine groups is 1.